The van der Waals surface area contributed by atoms with Gasteiger partial charge in [-0.3, -0.25) is 4.68 Å². The van der Waals surface area contributed by atoms with Gasteiger partial charge < -0.3 is 5.32 Å². The van der Waals surface area contributed by atoms with E-state index in [1.165, 1.54) is 41.5 Å². The van der Waals surface area contributed by atoms with Crippen molar-refractivity contribution in [1.82, 2.24) is 15.1 Å². The normalized spacial score (nSPS) is 18.1. The van der Waals surface area contributed by atoms with Gasteiger partial charge in [-0.25, -0.2) is 0 Å². The van der Waals surface area contributed by atoms with Crippen molar-refractivity contribution < 1.29 is 0 Å². The number of nitrogens with one attached hydrogen (secondary N) is 1. The summed E-state index contributed by atoms with van der Waals surface area (Å²) in [5.74, 6) is 1.63. The molecule has 0 spiro atoms. The fourth-order valence-electron chi connectivity index (χ4n) is 3.39. The highest BCUT2D eigenvalue weighted by Crippen LogP contribution is 2.34. The van der Waals surface area contributed by atoms with E-state index in [1.807, 2.05) is 0 Å². The molecule has 0 aliphatic heterocycles. The second-order valence-corrected chi connectivity index (χ2v) is 6.54. The Morgan fingerprint density at radius 3 is 2.63 bits per heavy atom. The fourth-order valence-corrected chi connectivity index (χ4v) is 4.16. The van der Waals surface area contributed by atoms with Crippen LogP contribution in [0.5, 0.6) is 0 Å². The summed E-state index contributed by atoms with van der Waals surface area (Å²) in [5.41, 5.74) is 2.55. The van der Waals surface area contributed by atoms with Crippen LogP contribution < -0.4 is 5.32 Å². The molecular formula is C15H26BrN3. The van der Waals surface area contributed by atoms with Crippen molar-refractivity contribution in [3.05, 3.63) is 15.9 Å². The molecule has 1 N–H and O–H groups in total. The van der Waals surface area contributed by atoms with Gasteiger partial charge in [0.15, 0.2) is 0 Å². The summed E-state index contributed by atoms with van der Waals surface area (Å²) in [6.07, 6.45) is 7.77. The first-order chi connectivity index (χ1) is 9.17. The Bertz CT molecular complexity index is 408. The van der Waals surface area contributed by atoms with Gasteiger partial charge in [0, 0.05) is 7.05 Å². The van der Waals surface area contributed by atoms with Crippen molar-refractivity contribution in [2.75, 3.05) is 13.6 Å². The molecule has 1 aromatic heterocycles. The zero-order chi connectivity index (χ0) is 13.8. The molecule has 1 saturated carbocycles. The summed E-state index contributed by atoms with van der Waals surface area (Å²) in [5, 5.41) is 8.00. The van der Waals surface area contributed by atoms with Gasteiger partial charge in [-0.2, -0.15) is 5.10 Å². The molecule has 108 valence electrons. The molecule has 19 heavy (non-hydrogen) atoms. The molecule has 1 heterocycles. The van der Waals surface area contributed by atoms with Crippen molar-refractivity contribution in [2.24, 2.45) is 18.9 Å². The van der Waals surface area contributed by atoms with Crippen LogP contribution in [0.2, 0.25) is 0 Å². The van der Waals surface area contributed by atoms with Crippen molar-refractivity contribution >= 4 is 15.9 Å². The third-order valence-corrected chi connectivity index (χ3v) is 5.41. The first-order valence-electron chi connectivity index (χ1n) is 7.52. The van der Waals surface area contributed by atoms with E-state index < -0.39 is 0 Å². The van der Waals surface area contributed by atoms with Crippen molar-refractivity contribution in [3.63, 3.8) is 0 Å². The maximum atomic E-state index is 4.62. The van der Waals surface area contributed by atoms with E-state index in [-0.39, 0.29) is 0 Å². The lowest BCUT2D eigenvalue weighted by molar-refractivity contribution is 0.322. The zero-order valence-electron chi connectivity index (χ0n) is 12.4. The highest BCUT2D eigenvalue weighted by molar-refractivity contribution is 9.10. The van der Waals surface area contributed by atoms with Crippen LogP contribution in [0.4, 0.5) is 0 Å². The Kier molecular flexibility index (Phi) is 5.46. The van der Waals surface area contributed by atoms with Crippen LogP contribution in [-0.4, -0.2) is 23.4 Å². The van der Waals surface area contributed by atoms with Crippen LogP contribution in [-0.2, 0) is 19.9 Å². The molecule has 1 atom stereocenters. The highest BCUT2D eigenvalue weighted by Gasteiger charge is 2.26. The van der Waals surface area contributed by atoms with Crippen LogP contribution >= 0.6 is 15.9 Å². The molecule has 1 unspecified atom stereocenters. The Morgan fingerprint density at radius 2 is 2.11 bits per heavy atom. The van der Waals surface area contributed by atoms with Gasteiger partial charge >= 0.3 is 0 Å². The number of hydrogen-bond acceptors (Lipinski definition) is 2. The van der Waals surface area contributed by atoms with Crippen LogP contribution in [0.3, 0.4) is 0 Å². The fraction of sp³-hybridized carbons (Fsp3) is 0.800. The molecule has 1 fully saturated rings. The van der Waals surface area contributed by atoms with E-state index in [0.717, 1.165) is 31.2 Å². The van der Waals surface area contributed by atoms with Crippen LogP contribution in [0.1, 0.15) is 44.0 Å². The van der Waals surface area contributed by atoms with Crippen LogP contribution in [0, 0.1) is 11.8 Å². The van der Waals surface area contributed by atoms with E-state index in [9.17, 15) is 0 Å². The summed E-state index contributed by atoms with van der Waals surface area (Å²) in [6.45, 7) is 3.28. The lowest BCUT2D eigenvalue weighted by Gasteiger charge is -2.23. The molecule has 0 amide bonds. The largest absolute Gasteiger partial charge is 0.319 e. The second-order valence-electron chi connectivity index (χ2n) is 5.75. The standard InChI is InChI=1S/C15H26BrN3/c1-4-13-15(16)14(19(3)18-13)9-12(10-17-2)11-7-5-6-8-11/h11-12,17H,4-10H2,1-3H3. The molecule has 2 rings (SSSR count). The van der Waals surface area contributed by atoms with Gasteiger partial charge in [0.2, 0.25) is 0 Å². The zero-order valence-corrected chi connectivity index (χ0v) is 14.0. The lowest BCUT2D eigenvalue weighted by atomic mass is 9.87. The first-order valence-corrected chi connectivity index (χ1v) is 8.31. The van der Waals surface area contributed by atoms with Gasteiger partial charge in [-0.15, -0.1) is 0 Å². The number of halogens is 1. The van der Waals surface area contributed by atoms with Gasteiger partial charge in [0.05, 0.1) is 15.9 Å². The van der Waals surface area contributed by atoms with Crippen LogP contribution in [0.25, 0.3) is 0 Å². The Hall–Kier alpha value is -0.350. The molecule has 0 saturated heterocycles. The third-order valence-electron chi connectivity index (χ3n) is 4.49. The van der Waals surface area contributed by atoms with Gasteiger partial charge in [0.25, 0.3) is 0 Å². The molecule has 0 bridgehead atoms. The minimum atomic E-state index is 0.740. The number of rotatable bonds is 6. The smallest absolute Gasteiger partial charge is 0.0766 e. The summed E-state index contributed by atoms with van der Waals surface area (Å²) >= 11 is 3.75. The minimum Gasteiger partial charge on any atom is -0.319 e. The number of hydrogen-bond donors (Lipinski definition) is 1. The lowest BCUT2D eigenvalue weighted by Crippen LogP contribution is -2.27. The maximum absolute atomic E-state index is 4.62. The quantitative estimate of drug-likeness (QED) is 0.868. The number of aryl methyl sites for hydroxylation is 2. The third kappa shape index (κ3) is 3.40. The number of aromatic nitrogens is 2. The molecular weight excluding hydrogens is 302 g/mol. The van der Waals surface area contributed by atoms with E-state index in [0.29, 0.717) is 0 Å². The van der Waals surface area contributed by atoms with Gasteiger partial charge in [-0.1, -0.05) is 32.6 Å². The van der Waals surface area contributed by atoms with Crippen LogP contribution in [0.15, 0.2) is 4.47 Å². The molecule has 3 nitrogen and oxygen atoms in total. The average Bonchev–Trinajstić information content (AvgIpc) is 3.01. The van der Waals surface area contributed by atoms with Crippen molar-refractivity contribution in [1.29, 1.82) is 0 Å². The van der Waals surface area contributed by atoms with Crippen molar-refractivity contribution in [3.8, 4) is 0 Å². The summed E-state index contributed by atoms with van der Waals surface area (Å²) in [4.78, 5) is 0. The van der Waals surface area contributed by atoms with Gasteiger partial charge in [-0.05, 0) is 54.2 Å². The molecule has 1 aliphatic carbocycles. The first kappa shape index (κ1) is 15.0. The SMILES string of the molecule is CCc1nn(C)c(CC(CNC)C2CCCC2)c1Br. The van der Waals surface area contributed by atoms with E-state index in [4.69, 9.17) is 0 Å². The highest BCUT2D eigenvalue weighted by atomic mass is 79.9. The van der Waals surface area contributed by atoms with E-state index >= 15 is 0 Å². The van der Waals surface area contributed by atoms with Crippen molar-refractivity contribution in [2.45, 2.75) is 45.4 Å². The van der Waals surface area contributed by atoms with E-state index in [1.54, 1.807) is 0 Å². The monoisotopic (exact) mass is 327 g/mol. The van der Waals surface area contributed by atoms with Gasteiger partial charge in [0.1, 0.15) is 0 Å². The minimum absolute atomic E-state index is 0.740. The average molecular weight is 328 g/mol. The summed E-state index contributed by atoms with van der Waals surface area (Å²) in [7, 11) is 4.14. The topological polar surface area (TPSA) is 29.9 Å². The Labute approximate surface area is 125 Å². The number of nitrogens with zero attached hydrogens (tertiary/aromatic N) is 2. The second kappa shape index (κ2) is 6.89. The van der Waals surface area contributed by atoms with E-state index in [2.05, 4.69) is 52.0 Å². The Balaban J connectivity index is 2.14. The molecule has 1 aliphatic rings. The molecule has 4 heteroatoms. The predicted molar refractivity (Wildman–Crippen MR) is 83.4 cm³/mol. The Morgan fingerprint density at radius 1 is 1.42 bits per heavy atom. The molecule has 1 aromatic rings. The molecule has 0 aromatic carbocycles. The molecule has 0 radical (unpaired) electrons. The maximum Gasteiger partial charge on any atom is 0.0766 e. The summed E-state index contributed by atoms with van der Waals surface area (Å²) < 4.78 is 3.30. The predicted octanol–water partition coefficient (Wildman–Crippen LogP) is 3.31. The summed E-state index contributed by atoms with van der Waals surface area (Å²) in [6, 6.07) is 0.